The number of halogens is 1. The highest BCUT2D eigenvalue weighted by Gasteiger charge is 2.56. The Morgan fingerprint density at radius 3 is 2.74 bits per heavy atom. The molecule has 1 heterocycles. The standard InChI is InChI=1S/C19H28O.C13H10ClP/c1-18-9-3-4-16(18)15-6-5-13-12-14(20)7-11-19(13,2)17(15)8-10-18;1-3-13-12-7-6-11(14)8-10(12)5-4-9(2)15-13/h12,15-17H,3-11H2,1-2H3;1,5-8,13,15H,2H3/t15?,16-,17-,18?,19?;/m0./s1. The van der Waals surface area contributed by atoms with E-state index in [1.54, 1.807) is 0 Å². The lowest BCUT2D eigenvalue weighted by Crippen LogP contribution is -2.49. The quantitative estimate of drug-likeness (QED) is 0.195. The molecule has 1 nitrogen and oxygen atoms in total. The molecule has 3 fully saturated rings. The minimum Gasteiger partial charge on any atom is -0.295 e. The number of benzene rings is 1. The van der Waals surface area contributed by atoms with Gasteiger partial charge in [-0.2, -0.15) is 0 Å². The average Bonchev–Trinajstić information content (AvgIpc) is 3.16. The fourth-order valence-corrected chi connectivity index (χ4v) is 9.41. The van der Waals surface area contributed by atoms with E-state index in [-0.39, 0.29) is 5.66 Å². The largest absolute Gasteiger partial charge is 0.295 e. The molecule has 0 spiro atoms. The first-order valence-corrected chi connectivity index (χ1v) is 14.9. The molecule has 4 aliphatic carbocycles. The Bertz CT molecular complexity index is 1160. The maximum atomic E-state index is 11.8. The third-order valence-corrected chi connectivity index (χ3v) is 11.7. The third kappa shape index (κ3) is 4.64. The van der Waals surface area contributed by atoms with Gasteiger partial charge in [-0.1, -0.05) is 58.0 Å². The molecule has 1 aromatic carbocycles. The van der Waals surface area contributed by atoms with Gasteiger partial charge in [0.25, 0.3) is 0 Å². The van der Waals surface area contributed by atoms with Crippen LogP contribution in [0.1, 0.15) is 95.3 Å². The van der Waals surface area contributed by atoms with Gasteiger partial charge in [0.05, 0.1) is 5.66 Å². The summed E-state index contributed by atoms with van der Waals surface area (Å²) in [7, 11) is 0.619. The summed E-state index contributed by atoms with van der Waals surface area (Å²) in [6.07, 6.45) is 21.3. The zero-order valence-corrected chi connectivity index (χ0v) is 23.2. The van der Waals surface area contributed by atoms with Gasteiger partial charge >= 0.3 is 0 Å². The molecule has 3 heteroatoms. The van der Waals surface area contributed by atoms with Gasteiger partial charge < -0.3 is 0 Å². The number of carbonyl (C=O) groups is 1. The van der Waals surface area contributed by atoms with Crippen LogP contribution in [0.25, 0.3) is 6.08 Å². The van der Waals surface area contributed by atoms with Gasteiger partial charge in [-0.15, -0.1) is 12.2 Å². The number of allylic oxidation sites excluding steroid dienone is 2. The van der Waals surface area contributed by atoms with E-state index in [0.717, 1.165) is 41.2 Å². The predicted molar refractivity (Wildman–Crippen MR) is 150 cm³/mol. The number of ketones is 1. The fourth-order valence-electron chi connectivity index (χ4n) is 8.14. The lowest BCUT2D eigenvalue weighted by atomic mass is 9.47. The van der Waals surface area contributed by atoms with Crippen molar-refractivity contribution in [3.8, 4) is 12.3 Å². The van der Waals surface area contributed by atoms with Crippen LogP contribution < -0.4 is 0 Å². The lowest BCUT2D eigenvalue weighted by molar-refractivity contribution is -0.117. The Morgan fingerprint density at radius 2 is 1.94 bits per heavy atom. The SMILES string of the molecule is C#CC1PC(C)=C=Cc2cc(Cl)ccc21.CC12CCC[C@H]1C1CCC3=CC(=O)CCC3(C)[C@H]1CC2. The Kier molecular flexibility index (Phi) is 6.96. The number of carbonyl (C=O) groups excluding carboxylic acids is 1. The molecule has 5 unspecified atom stereocenters. The van der Waals surface area contributed by atoms with Crippen LogP contribution in [-0.4, -0.2) is 5.78 Å². The van der Waals surface area contributed by atoms with Crippen molar-refractivity contribution in [3.05, 3.63) is 57.0 Å². The summed E-state index contributed by atoms with van der Waals surface area (Å²) in [5, 5.41) is 1.95. The van der Waals surface area contributed by atoms with Crippen molar-refractivity contribution in [1.29, 1.82) is 0 Å². The van der Waals surface area contributed by atoms with E-state index in [2.05, 4.69) is 32.4 Å². The first-order chi connectivity index (χ1) is 16.7. The van der Waals surface area contributed by atoms with E-state index >= 15 is 0 Å². The summed E-state index contributed by atoms with van der Waals surface area (Å²) in [4.78, 5) is 11.8. The summed E-state index contributed by atoms with van der Waals surface area (Å²) >= 11 is 5.95. The highest BCUT2D eigenvalue weighted by atomic mass is 35.5. The van der Waals surface area contributed by atoms with Crippen molar-refractivity contribution in [2.75, 3.05) is 0 Å². The smallest absolute Gasteiger partial charge is 0.155 e. The number of hydrogen-bond donors (Lipinski definition) is 0. The first-order valence-electron chi connectivity index (χ1n) is 13.4. The molecule has 1 aliphatic heterocycles. The van der Waals surface area contributed by atoms with E-state index in [9.17, 15) is 4.79 Å². The van der Waals surface area contributed by atoms with Crippen LogP contribution >= 0.6 is 20.2 Å². The van der Waals surface area contributed by atoms with E-state index in [0.29, 0.717) is 25.2 Å². The number of terminal acetylenes is 1. The molecule has 5 aliphatic rings. The minimum absolute atomic E-state index is 0.170. The van der Waals surface area contributed by atoms with E-state index in [1.807, 2.05) is 30.4 Å². The van der Waals surface area contributed by atoms with Crippen LogP contribution in [0.4, 0.5) is 0 Å². The van der Waals surface area contributed by atoms with Crippen LogP contribution in [-0.2, 0) is 4.79 Å². The lowest BCUT2D eigenvalue weighted by Gasteiger charge is -2.57. The summed E-state index contributed by atoms with van der Waals surface area (Å²) in [6, 6.07) is 5.85. The molecule has 184 valence electrons. The monoisotopic (exact) mass is 504 g/mol. The van der Waals surface area contributed by atoms with Gasteiger partial charge in [0.2, 0.25) is 0 Å². The average molecular weight is 505 g/mol. The van der Waals surface area contributed by atoms with Crippen molar-refractivity contribution in [2.24, 2.45) is 28.6 Å². The fraction of sp³-hybridized carbons (Fsp3) is 0.562. The van der Waals surface area contributed by atoms with Crippen molar-refractivity contribution in [2.45, 2.75) is 84.2 Å². The van der Waals surface area contributed by atoms with Crippen LogP contribution in [0.5, 0.6) is 0 Å². The first kappa shape index (κ1) is 25.1. The molecule has 0 aromatic heterocycles. The summed E-state index contributed by atoms with van der Waals surface area (Å²) in [5.74, 6) is 6.03. The maximum Gasteiger partial charge on any atom is 0.155 e. The number of rotatable bonds is 0. The normalized spacial score (nSPS) is 37.9. The second-order valence-electron chi connectivity index (χ2n) is 12.0. The van der Waals surface area contributed by atoms with E-state index in [1.165, 1.54) is 61.4 Å². The van der Waals surface area contributed by atoms with Gasteiger partial charge in [-0.05, 0) is 121 Å². The molecular weight excluding hydrogens is 467 g/mol. The van der Waals surface area contributed by atoms with Gasteiger partial charge in [0, 0.05) is 11.4 Å². The molecule has 0 saturated heterocycles. The zero-order chi connectivity index (χ0) is 24.8. The molecule has 0 radical (unpaired) electrons. The minimum atomic E-state index is 0.170. The van der Waals surface area contributed by atoms with Gasteiger partial charge in [-0.25, -0.2) is 0 Å². The molecule has 7 atom stereocenters. The van der Waals surface area contributed by atoms with E-state index < -0.39 is 0 Å². The third-order valence-electron chi connectivity index (χ3n) is 10.1. The predicted octanol–water partition coefficient (Wildman–Crippen LogP) is 9.13. The highest BCUT2D eigenvalue weighted by molar-refractivity contribution is 7.43. The topological polar surface area (TPSA) is 17.1 Å². The Hall–Kier alpha value is -1.57. The van der Waals surface area contributed by atoms with Crippen molar-refractivity contribution in [3.63, 3.8) is 0 Å². The van der Waals surface area contributed by atoms with Crippen LogP contribution in [0.3, 0.4) is 0 Å². The zero-order valence-electron chi connectivity index (χ0n) is 21.4. The molecule has 35 heavy (non-hydrogen) atoms. The van der Waals surface area contributed by atoms with Crippen molar-refractivity contribution < 1.29 is 4.79 Å². The number of hydrogen-bond acceptors (Lipinski definition) is 1. The van der Waals surface area contributed by atoms with Crippen LogP contribution in [0, 0.1) is 40.9 Å². The molecular formula is C32H38ClOP. The number of fused-ring (bicyclic) bond motifs is 6. The highest BCUT2D eigenvalue weighted by Crippen LogP contribution is 2.65. The van der Waals surface area contributed by atoms with Crippen LogP contribution in [0.2, 0.25) is 5.02 Å². The van der Waals surface area contributed by atoms with Crippen molar-refractivity contribution in [1.82, 2.24) is 0 Å². The Morgan fingerprint density at radius 1 is 1.11 bits per heavy atom. The molecule has 0 amide bonds. The maximum absolute atomic E-state index is 11.8. The summed E-state index contributed by atoms with van der Waals surface area (Å²) in [6.45, 7) is 7.12. The van der Waals surface area contributed by atoms with Gasteiger partial charge in [0.1, 0.15) is 0 Å². The molecule has 3 saturated carbocycles. The Balaban J connectivity index is 0.000000152. The molecule has 1 aromatic rings. The van der Waals surface area contributed by atoms with Gasteiger partial charge in [-0.3, -0.25) is 4.79 Å². The van der Waals surface area contributed by atoms with Crippen molar-refractivity contribution >= 4 is 32.0 Å². The van der Waals surface area contributed by atoms with Gasteiger partial charge in [0.15, 0.2) is 5.78 Å². The molecule has 0 bridgehead atoms. The second-order valence-corrected chi connectivity index (χ2v) is 14.0. The van der Waals surface area contributed by atoms with Crippen LogP contribution in [0.15, 0.2) is 40.9 Å². The molecule has 0 N–H and O–H groups in total. The summed E-state index contributed by atoms with van der Waals surface area (Å²) < 4.78 is 0. The molecule has 6 rings (SSSR count). The summed E-state index contributed by atoms with van der Waals surface area (Å²) in [5.41, 5.74) is 8.22. The second kappa shape index (κ2) is 9.71. The van der Waals surface area contributed by atoms with E-state index in [4.69, 9.17) is 18.0 Å². The Labute approximate surface area is 218 Å².